The number of aliphatic hydroxyl groups is 2. The molecule has 0 amide bonds. The molecule has 9 aliphatic carbocycles. The summed E-state index contributed by atoms with van der Waals surface area (Å²) < 4.78 is 22.1. The van der Waals surface area contributed by atoms with E-state index in [0.29, 0.717) is 73.6 Å². The Balaban J connectivity index is 0.000000314. The minimum Gasteiger partial charge on any atom is -0.547 e. The molecule has 12 rings (SSSR count). The van der Waals surface area contributed by atoms with E-state index in [4.69, 9.17) is 33.3 Å². The van der Waals surface area contributed by atoms with Crippen molar-refractivity contribution in [3.8, 4) is 0 Å². The van der Waals surface area contributed by atoms with Crippen LogP contribution in [0, 0.1) is 29.1 Å². The van der Waals surface area contributed by atoms with Crippen molar-refractivity contribution in [2.75, 3.05) is 14.2 Å². The molecule has 10 aliphatic rings. The number of esters is 2. The van der Waals surface area contributed by atoms with Gasteiger partial charge in [-0.3, -0.25) is 24.0 Å². The van der Waals surface area contributed by atoms with Gasteiger partial charge in [-0.2, -0.15) is 9.59 Å². The number of epoxide rings is 1. The van der Waals surface area contributed by atoms with E-state index in [9.17, 15) is 43.8 Å². The summed E-state index contributed by atoms with van der Waals surface area (Å²) in [5.41, 5.74) is 13.2. The lowest BCUT2D eigenvalue weighted by atomic mass is 9.66. The first-order chi connectivity index (χ1) is 61.9. The van der Waals surface area contributed by atoms with E-state index < -0.39 is 31.8 Å². The number of hydrogen-bond acceptors (Lipinski definition) is 15. The van der Waals surface area contributed by atoms with Crippen LogP contribution >= 0.6 is 0 Å². The lowest BCUT2D eigenvalue weighted by Crippen LogP contribution is -2.45. The van der Waals surface area contributed by atoms with Crippen LogP contribution < -0.4 is 0 Å². The lowest BCUT2D eigenvalue weighted by Gasteiger charge is -2.44. The van der Waals surface area contributed by atoms with Crippen LogP contribution in [-0.4, -0.2) is 108 Å². The van der Waals surface area contributed by atoms with Gasteiger partial charge in [-0.25, -0.2) is 9.59 Å². The number of ketones is 4. The Morgan fingerprint density at radius 3 is 1.63 bits per heavy atom. The largest absolute Gasteiger partial charge is 0.547 e. The van der Waals surface area contributed by atoms with Crippen LogP contribution in [0.4, 0.5) is 0 Å². The monoisotopic (exact) mass is 1810 g/mol. The molecule has 2 bridgehead atoms. The van der Waals surface area contributed by atoms with Crippen LogP contribution in [-0.2, 0) is 61.8 Å². The van der Waals surface area contributed by atoms with Gasteiger partial charge in [0.05, 0.1) is 54.5 Å². The highest BCUT2D eigenvalue weighted by Crippen LogP contribution is 2.48. The topological polar surface area (TPSA) is 255 Å². The standard InChI is InChI=1S/C21H30O3Si.C18H22O3.C15H26O.C14H24O.C11H14O3.C11H18O2.C11H16O.C11H16.CO2/c1-16-10-9-13-19(24-25(3,4)5)20(21(22)23-2)18(15-14-16)17-11-7-6-8-12-17;1-13-7-6-10-16(19)17(18(20)21-2)15(12-11-13)14-8-4-3-5-9-14;1-4-5-8-14-11-10-12(2)7-6-9-15(16)13(14)3;1-3-4-7-13-10-9-12(2)6-5-8-14(15)11-13;1-8-4-2-6-9(11(13)14)10(12)7-3-5-8;1-10-5-2-3-6-11(13,8-10)7-4-9(10)12;1-9-5-3-4-8-11(2)10(12-11)7-6-9;1-10-6-3-4-7-11(2)9-5-8-10;2-1-3/h6-8,10-12,18H,9,13-15H2,1-5H3;3-5,7-9,15,17H,6,10-12H2,1-2H3;7,13-14H,4-6,8-11H2,1-3H3;6,13H,3-5,7-11H2,1-2H3;5-6H,2-4,7H2,1H3,(H,13,14);3,6,9,12-13H,2,4-5,7-8H2,1H3;3,5,10H,1,4,6-8H2,2H3;3,6,9H,1,4-5,7-8H2,2H3;/b16-10+,20-19-;13-7+;12-7+;12-6+;8-5+,9-6+;;5-3-;6-3-,11-9+;/t18-;15-,17-;13-,14-;13-;;9?,10-,11-;10-,11-;;/m1100.00../s1. The molecule has 2 fully saturated rings. The molecule has 1 unspecified atom stereocenters. The summed E-state index contributed by atoms with van der Waals surface area (Å²) in [6, 6.07) is 20.1. The molecule has 0 aromatic heterocycles. The normalized spacial score (nSPS) is 30.2. The van der Waals surface area contributed by atoms with Crippen LogP contribution in [0.3, 0.4) is 0 Å². The fraction of sp³-hybridized carbons (Fsp3) is 0.593. The molecule has 1 saturated carbocycles. The lowest BCUT2D eigenvalue weighted by molar-refractivity contribution is -0.192. The number of carboxylic acids is 1. The highest BCUT2D eigenvalue weighted by Gasteiger charge is 2.51. The number of methoxy groups -OCH3 is 2. The number of ether oxygens (including phenoxy) is 3. The first-order valence-corrected chi connectivity index (χ1v) is 52.4. The van der Waals surface area contributed by atoms with Gasteiger partial charge in [-0.1, -0.05) is 257 Å². The molecule has 718 valence electrons. The summed E-state index contributed by atoms with van der Waals surface area (Å²) in [5.74, 6) is 0.499. The van der Waals surface area contributed by atoms with E-state index in [1.807, 2.05) is 67.6 Å². The molecule has 2 aromatic carbocycles. The number of carbonyl (C=O) groups is 7. The third-order valence-corrected chi connectivity index (χ3v) is 27.6. The summed E-state index contributed by atoms with van der Waals surface area (Å²) in [6.45, 7) is 38.2. The van der Waals surface area contributed by atoms with Gasteiger partial charge >= 0.3 is 24.1 Å². The first-order valence-electron chi connectivity index (χ1n) is 49.0. The van der Waals surface area contributed by atoms with Crippen molar-refractivity contribution in [2.45, 2.75) is 388 Å². The van der Waals surface area contributed by atoms with Crippen LogP contribution in [0.25, 0.3) is 0 Å². The Morgan fingerprint density at radius 2 is 1.05 bits per heavy atom. The third kappa shape index (κ3) is 44.3. The second-order valence-corrected chi connectivity index (χ2v) is 43.6. The predicted octanol–water partition coefficient (Wildman–Crippen LogP) is 27.6. The number of benzene rings is 2. The molecule has 130 heavy (non-hydrogen) atoms. The minimum atomic E-state index is -1.83. The number of Topliss-reactive ketones (excluding diaryl/α,β-unsaturated/α-hetero) is 4. The average molecular weight is 1810 g/mol. The maximum absolute atomic E-state index is 12.7. The molecule has 11 atom stereocenters. The van der Waals surface area contributed by atoms with E-state index in [-0.39, 0.29) is 64.1 Å². The number of unbranched alkanes of at least 4 members (excludes halogenated alkanes) is 2. The molecule has 3 N–H and O–H groups in total. The number of carboxylic acid groups (broad SMARTS) is 1. The third-order valence-electron chi connectivity index (χ3n) is 26.7. The summed E-state index contributed by atoms with van der Waals surface area (Å²) in [4.78, 5) is 99.4. The van der Waals surface area contributed by atoms with Crippen LogP contribution in [0.2, 0.25) is 19.6 Å². The van der Waals surface area contributed by atoms with Crippen molar-refractivity contribution >= 4 is 55.5 Å². The average Bonchev–Trinajstić information content (AvgIpc) is 1.63. The Labute approximate surface area is 784 Å². The molecule has 1 heterocycles. The van der Waals surface area contributed by atoms with E-state index >= 15 is 0 Å². The van der Waals surface area contributed by atoms with Crippen LogP contribution in [0.5, 0.6) is 0 Å². The van der Waals surface area contributed by atoms with Gasteiger partial charge < -0.3 is 34.0 Å². The van der Waals surface area contributed by atoms with Crippen molar-refractivity contribution in [3.63, 3.8) is 0 Å². The Bertz CT molecular complexity index is 4290. The van der Waals surface area contributed by atoms with Gasteiger partial charge in [0, 0.05) is 56.3 Å². The molecular formula is C113H166O16Si. The van der Waals surface area contributed by atoms with Gasteiger partial charge in [0.15, 0.2) is 5.78 Å². The van der Waals surface area contributed by atoms with E-state index in [1.54, 1.807) is 0 Å². The zero-order valence-corrected chi connectivity index (χ0v) is 83.7. The number of hydrogen-bond donors (Lipinski definition) is 3. The minimum absolute atomic E-state index is 0.00134. The predicted molar refractivity (Wildman–Crippen MR) is 531 cm³/mol. The van der Waals surface area contributed by atoms with Gasteiger partial charge in [0.1, 0.15) is 23.3 Å². The number of aliphatic carboxylic acids is 1. The smallest absolute Gasteiger partial charge is 0.373 e. The molecule has 1 saturated heterocycles. The van der Waals surface area contributed by atoms with Gasteiger partial charge in [-0.15, -0.1) is 0 Å². The molecular weight excluding hydrogens is 1640 g/mol. The highest BCUT2D eigenvalue weighted by molar-refractivity contribution is 6.70. The summed E-state index contributed by atoms with van der Waals surface area (Å²) in [5, 5.41) is 28.8. The SMILES string of the molecule is C/C1=C\CCC(=O)/C(C(=O)O)=C\CC1.C=C1/C=C\CC/C(C)=C/CC1.C=C1/C=C\CC[C@]2(C)O[C@H]2CC1.CCCC[C@H]1CC/C(C)=C/CCC(=O)C1.CCCC[C@H]1CC/C(C)=C/CCC(=O)[C@H]1C.COC(=O)/C1=C(\O[Si](C)(C)C)CC/C=C(\C)CC[C@@H]1c1ccccc1.COC(=O)[C@H]1C(=O)CC/C=C(\C)CC[C@@H]1c1ccccc1.C[C@@]12CCC=C[C@](O)(CCC1O)C2.O=C=O. The first kappa shape index (κ1) is 114. The number of rotatable bonds is 13. The second-order valence-electron chi connectivity index (χ2n) is 39.1. The number of carbonyl (C=O) groups excluding carboxylic acids is 8. The maximum atomic E-state index is 12.7. The van der Waals surface area contributed by atoms with Crippen LogP contribution in [0.15, 0.2) is 214 Å². The Hall–Kier alpha value is -8.57. The van der Waals surface area contributed by atoms with Gasteiger partial charge in [0.25, 0.3) is 0 Å². The number of allylic oxidation sites excluding steroid dienone is 21. The number of aliphatic hydroxyl groups excluding tert-OH is 1. The van der Waals surface area contributed by atoms with Crippen LogP contribution in [0.1, 0.15) is 356 Å². The molecule has 2 aromatic rings. The second kappa shape index (κ2) is 61.3. The maximum Gasteiger partial charge on any atom is 0.373 e. The van der Waals surface area contributed by atoms with Crippen molar-refractivity contribution in [1.82, 2.24) is 0 Å². The van der Waals surface area contributed by atoms with E-state index in [2.05, 4.69) is 175 Å². The van der Waals surface area contributed by atoms with E-state index in [1.165, 1.54) is 148 Å². The quantitative estimate of drug-likeness (QED) is 0.0421. The van der Waals surface area contributed by atoms with Crippen molar-refractivity contribution < 1.29 is 77.1 Å². The fourth-order valence-corrected chi connectivity index (χ4v) is 19.4. The summed E-state index contributed by atoms with van der Waals surface area (Å²) in [7, 11) is 0.979. The van der Waals surface area contributed by atoms with Gasteiger partial charge in [0.2, 0.25) is 8.32 Å². The van der Waals surface area contributed by atoms with Crippen molar-refractivity contribution in [2.24, 2.45) is 29.1 Å². The number of fused-ring (bicyclic) bond motifs is 3. The van der Waals surface area contributed by atoms with Crippen molar-refractivity contribution in [3.05, 3.63) is 225 Å². The van der Waals surface area contributed by atoms with E-state index in [0.717, 1.165) is 152 Å². The fourth-order valence-electron chi connectivity index (χ4n) is 18.4. The zero-order valence-electron chi connectivity index (χ0n) is 82.7. The molecule has 0 spiro atoms. The zero-order chi connectivity index (χ0) is 96.2. The molecule has 0 radical (unpaired) electrons. The molecule has 1 aliphatic heterocycles. The summed E-state index contributed by atoms with van der Waals surface area (Å²) in [6.07, 6.45) is 66.7. The Kier molecular flexibility index (Phi) is 53.6. The highest BCUT2D eigenvalue weighted by atomic mass is 28.4. The molecule has 16 nitrogen and oxygen atoms in total. The Morgan fingerprint density at radius 1 is 0.546 bits per heavy atom. The van der Waals surface area contributed by atoms with Crippen molar-refractivity contribution in [1.29, 1.82) is 0 Å². The summed E-state index contributed by atoms with van der Waals surface area (Å²) >= 11 is 0. The van der Waals surface area contributed by atoms with Gasteiger partial charge in [-0.05, 0) is 283 Å². The molecule has 17 heteroatoms.